The van der Waals surface area contributed by atoms with Crippen LogP contribution in [0.4, 0.5) is 0 Å². The van der Waals surface area contributed by atoms with Crippen molar-refractivity contribution in [3.05, 3.63) is 90.1 Å². The number of amides is 1. The van der Waals surface area contributed by atoms with E-state index in [1.54, 1.807) is 4.68 Å². The Balaban J connectivity index is 1.16. The summed E-state index contributed by atoms with van der Waals surface area (Å²) in [5.74, 6) is 0.104. The molecule has 2 aliphatic heterocycles. The summed E-state index contributed by atoms with van der Waals surface area (Å²) in [5.41, 5.74) is 1.65. The highest BCUT2D eigenvalue weighted by atomic mass is 16.3. The summed E-state index contributed by atoms with van der Waals surface area (Å²) in [5, 5.41) is 16.2. The average molecular weight is 539 g/mol. The molecule has 40 heavy (non-hydrogen) atoms. The van der Waals surface area contributed by atoms with Gasteiger partial charge in [0, 0.05) is 26.2 Å². The minimum absolute atomic E-state index is 0.104. The van der Waals surface area contributed by atoms with E-state index in [0.29, 0.717) is 43.5 Å². The van der Waals surface area contributed by atoms with E-state index in [2.05, 4.69) is 33.7 Å². The first-order valence-electron chi connectivity index (χ1n) is 13.8. The van der Waals surface area contributed by atoms with Crippen LogP contribution in [-0.4, -0.2) is 77.5 Å². The van der Waals surface area contributed by atoms with E-state index in [1.807, 2.05) is 60.4 Å². The van der Waals surface area contributed by atoms with Gasteiger partial charge >= 0.3 is 0 Å². The molecule has 2 aliphatic rings. The van der Waals surface area contributed by atoms with Gasteiger partial charge in [-0.05, 0) is 49.4 Å². The van der Waals surface area contributed by atoms with E-state index in [0.717, 1.165) is 29.8 Å². The van der Waals surface area contributed by atoms with Crippen LogP contribution in [0.1, 0.15) is 26.2 Å². The summed E-state index contributed by atoms with van der Waals surface area (Å²) in [4.78, 5) is 35.2. The van der Waals surface area contributed by atoms with Crippen LogP contribution >= 0.6 is 0 Å². The number of piperidine rings is 1. The van der Waals surface area contributed by atoms with Crippen LogP contribution < -0.4 is 5.56 Å². The van der Waals surface area contributed by atoms with Gasteiger partial charge in [0.1, 0.15) is 11.7 Å². The molecule has 2 saturated heterocycles. The fourth-order valence-electron chi connectivity index (χ4n) is 5.91. The fraction of sp³-hybridized carbons (Fsp3) is 0.355. The lowest BCUT2D eigenvalue weighted by Crippen LogP contribution is -2.67. The first-order valence-corrected chi connectivity index (χ1v) is 13.8. The Hall–Kier alpha value is -4.08. The molecule has 2 aromatic carbocycles. The van der Waals surface area contributed by atoms with Crippen LogP contribution in [0.3, 0.4) is 0 Å². The van der Waals surface area contributed by atoms with Crippen LogP contribution in [0.5, 0.6) is 0 Å². The van der Waals surface area contributed by atoms with E-state index >= 15 is 0 Å². The molecule has 0 bridgehead atoms. The maximum atomic E-state index is 13.4. The third kappa shape index (κ3) is 4.55. The minimum Gasteiger partial charge on any atom is -0.388 e. The van der Waals surface area contributed by atoms with Crippen molar-refractivity contribution in [2.24, 2.45) is 0 Å². The topological polar surface area (TPSA) is 96.5 Å². The van der Waals surface area contributed by atoms with Gasteiger partial charge in [-0.3, -0.25) is 19.1 Å². The van der Waals surface area contributed by atoms with Crippen LogP contribution in [0.15, 0.2) is 84.6 Å². The molecule has 206 valence electrons. The Morgan fingerprint density at radius 1 is 1.02 bits per heavy atom. The quantitative estimate of drug-likeness (QED) is 0.363. The third-order valence-electron chi connectivity index (χ3n) is 8.60. The van der Waals surface area contributed by atoms with Gasteiger partial charge in [0.05, 0.1) is 29.6 Å². The molecule has 9 nitrogen and oxygen atoms in total. The van der Waals surface area contributed by atoms with Gasteiger partial charge < -0.3 is 10.0 Å². The van der Waals surface area contributed by atoms with Crippen molar-refractivity contribution in [2.45, 2.75) is 43.9 Å². The number of aromatic nitrogens is 4. The monoisotopic (exact) mass is 538 g/mol. The zero-order chi connectivity index (χ0) is 27.9. The van der Waals surface area contributed by atoms with Crippen molar-refractivity contribution in [1.82, 2.24) is 29.1 Å². The summed E-state index contributed by atoms with van der Waals surface area (Å²) < 4.78 is 3.12. The molecule has 0 saturated carbocycles. The van der Waals surface area contributed by atoms with Crippen molar-refractivity contribution >= 4 is 16.9 Å². The van der Waals surface area contributed by atoms with Gasteiger partial charge in [-0.2, -0.15) is 5.10 Å². The molecule has 2 aromatic heterocycles. The highest BCUT2D eigenvalue weighted by Crippen LogP contribution is 2.34. The zero-order valence-corrected chi connectivity index (χ0v) is 22.7. The molecule has 0 radical (unpaired) electrons. The number of rotatable bonds is 7. The van der Waals surface area contributed by atoms with Crippen molar-refractivity contribution in [2.75, 3.05) is 26.2 Å². The molecular formula is C31H34N6O3. The normalized spacial score (nSPS) is 20.8. The predicted molar refractivity (Wildman–Crippen MR) is 154 cm³/mol. The van der Waals surface area contributed by atoms with E-state index in [9.17, 15) is 14.7 Å². The van der Waals surface area contributed by atoms with Crippen LogP contribution in [0.25, 0.3) is 27.8 Å². The molecule has 0 aliphatic carbocycles. The Morgan fingerprint density at radius 2 is 1.73 bits per heavy atom. The number of aliphatic hydroxyl groups is 1. The van der Waals surface area contributed by atoms with E-state index in [1.165, 1.54) is 17.1 Å². The molecule has 1 atom stereocenters. The van der Waals surface area contributed by atoms with E-state index < -0.39 is 11.1 Å². The summed E-state index contributed by atoms with van der Waals surface area (Å²) >= 11 is 0. The van der Waals surface area contributed by atoms with Crippen LogP contribution in [-0.2, 0) is 11.3 Å². The molecule has 2 fully saturated rings. The van der Waals surface area contributed by atoms with Crippen molar-refractivity contribution in [3.8, 4) is 16.8 Å². The lowest BCUT2D eigenvalue weighted by molar-refractivity contribution is -0.156. The molecule has 0 spiro atoms. The summed E-state index contributed by atoms with van der Waals surface area (Å²) in [6, 6.07) is 18.1. The van der Waals surface area contributed by atoms with Gasteiger partial charge in [-0.15, -0.1) is 6.58 Å². The predicted octanol–water partition coefficient (Wildman–Crippen LogP) is 3.25. The maximum absolute atomic E-state index is 13.4. The number of benzene rings is 2. The molecule has 9 heteroatoms. The maximum Gasteiger partial charge on any atom is 0.264 e. The Bertz CT molecular complexity index is 1600. The third-order valence-corrected chi connectivity index (χ3v) is 8.60. The second-order valence-electron chi connectivity index (χ2n) is 11.2. The summed E-state index contributed by atoms with van der Waals surface area (Å²) in [6.07, 6.45) is 6.46. The highest BCUT2D eigenvalue weighted by Gasteiger charge is 2.49. The zero-order valence-electron chi connectivity index (χ0n) is 22.7. The Labute approximate surface area is 233 Å². The number of carbonyl (C=O) groups excluding carboxylic acids is 1. The minimum atomic E-state index is -1.10. The molecule has 1 N–H and O–H groups in total. The first kappa shape index (κ1) is 26.2. The largest absolute Gasteiger partial charge is 0.388 e. The lowest BCUT2D eigenvalue weighted by atomic mass is 9.83. The van der Waals surface area contributed by atoms with Crippen LogP contribution in [0, 0.1) is 0 Å². The second kappa shape index (κ2) is 10.1. The smallest absolute Gasteiger partial charge is 0.264 e. The van der Waals surface area contributed by atoms with Crippen LogP contribution in [0.2, 0.25) is 0 Å². The molecule has 0 unspecified atom stereocenters. The fourth-order valence-corrected chi connectivity index (χ4v) is 5.91. The number of nitrogens with zero attached hydrogens (tertiary/aromatic N) is 6. The van der Waals surface area contributed by atoms with Crippen molar-refractivity contribution in [1.29, 1.82) is 0 Å². The molecule has 1 amide bonds. The first-order chi connectivity index (χ1) is 19.3. The summed E-state index contributed by atoms with van der Waals surface area (Å²) in [6.45, 7) is 8.39. The van der Waals surface area contributed by atoms with Gasteiger partial charge in [-0.1, -0.05) is 48.5 Å². The summed E-state index contributed by atoms with van der Waals surface area (Å²) in [7, 11) is 0. The highest BCUT2D eigenvalue weighted by molar-refractivity contribution is 5.87. The molecular weight excluding hydrogens is 504 g/mol. The lowest BCUT2D eigenvalue weighted by Gasteiger charge is -2.52. The van der Waals surface area contributed by atoms with Gasteiger partial charge in [0.15, 0.2) is 5.65 Å². The molecule has 4 heterocycles. The van der Waals surface area contributed by atoms with Crippen molar-refractivity contribution < 1.29 is 9.90 Å². The SMILES string of the molecule is C=CCN1CC[C@@]1(C)C(=O)N1CCC(O)(Cn2cnc3c(cnn3-c3ccc(-c4ccccc4)cc3)c2=O)CC1. The van der Waals surface area contributed by atoms with Crippen molar-refractivity contribution in [3.63, 3.8) is 0 Å². The standard InChI is InChI=1S/C31H34N6O3/c1-3-16-36-19-13-30(36,2)29(39)34-17-14-31(40,15-18-34)21-35-22-32-27-26(28(35)38)20-33-37(27)25-11-9-24(10-12-25)23-7-5-4-6-8-23/h3-12,20,22,40H,1,13-19,21H2,2H3/t30-/m0/s1. The van der Waals surface area contributed by atoms with Gasteiger partial charge in [0.25, 0.3) is 5.56 Å². The van der Waals surface area contributed by atoms with Gasteiger partial charge in [0.2, 0.25) is 5.91 Å². The molecule has 6 rings (SSSR count). The van der Waals surface area contributed by atoms with Gasteiger partial charge in [-0.25, -0.2) is 9.67 Å². The number of fused-ring (bicyclic) bond motifs is 1. The number of hydrogen-bond acceptors (Lipinski definition) is 6. The number of likely N-dealkylation sites (tertiary alicyclic amines) is 2. The Kier molecular flexibility index (Phi) is 6.64. The van der Waals surface area contributed by atoms with E-state index in [4.69, 9.17) is 0 Å². The second-order valence-corrected chi connectivity index (χ2v) is 11.2. The number of hydrogen-bond donors (Lipinski definition) is 1. The average Bonchev–Trinajstić information content (AvgIpc) is 3.42. The molecule has 4 aromatic rings. The van der Waals surface area contributed by atoms with E-state index in [-0.39, 0.29) is 18.0 Å². The number of carbonyl (C=O) groups is 1. The Morgan fingerprint density at radius 3 is 2.38 bits per heavy atom.